The zero-order valence-electron chi connectivity index (χ0n) is 12.0. The second-order valence-electron chi connectivity index (χ2n) is 5.38. The van der Waals surface area contributed by atoms with Crippen LogP contribution >= 0.6 is 0 Å². The van der Waals surface area contributed by atoms with E-state index in [1.165, 1.54) is 4.52 Å². The van der Waals surface area contributed by atoms with Gasteiger partial charge in [0.2, 0.25) is 0 Å². The summed E-state index contributed by atoms with van der Waals surface area (Å²) in [7, 11) is 0. The van der Waals surface area contributed by atoms with Crippen LogP contribution in [0.15, 0.2) is 18.3 Å². The van der Waals surface area contributed by atoms with Crippen LogP contribution in [0, 0.1) is 6.92 Å². The first-order valence-electron chi connectivity index (χ1n) is 7.08. The lowest BCUT2D eigenvalue weighted by molar-refractivity contribution is 0.0926. The molecule has 4 rings (SSSR count). The summed E-state index contributed by atoms with van der Waals surface area (Å²) in [5, 5.41) is 22.4. The first kappa shape index (κ1) is 12.9. The van der Waals surface area contributed by atoms with Crippen LogP contribution in [0.25, 0.3) is 5.65 Å². The molecule has 9 heteroatoms. The molecule has 0 saturated carbocycles. The molecule has 9 nitrogen and oxygen atoms in total. The van der Waals surface area contributed by atoms with Gasteiger partial charge in [0, 0.05) is 25.2 Å². The fourth-order valence-electron chi connectivity index (χ4n) is 2.72. The van der Waals surface area contributed by atoms with Crippen molar-refractivity contribution in [1.82, 2.24) is 40.1 Å². The van der Waals surface area contributed by atoms with Crippen molar-refractivity contribution in [3.63, 3.8) is 0 Å². The minimum absolute atomic E-state index is 0.0688. The summed E-state index contributed by atoms with van der Waals surface area (Å²) >= 11 is 0. The predicted octanol–water partition coefficient (Wildman–Crippen LogP) is -0.231. The highest BCUT2D eigenvalue weighted by molar-refractivity contribution is 5.94. The molecule has 0 aliphatic carbocycles. The standard InChI is InChI=1S/C13H14N8O/c1-8-15-16-11-5-3-10(7-20(8)11)14-13(22)9-2-4-12-17-18-19-21(12)6-9/h2,4,6,10H,3,5,7H2,1H3,(H,14,22). The van der Waals surface area contributed by atoms with Crippen LogP contribution in [0.5, 0.6) is 0 Å². The normalized spacial score (nSPS) is 17.4. The Hall–Kier alpha value is -2.84. The van der Waals surface area contributed by atoms with Crippen LogP contribution in [-0.4, -0.2) is 46.8 Å². The topological polar surface area (TPSA) is 103 Å². The summed E-state index contributed by atoms with van der Waals surface area (Å²) in [5.74, 6) is 1.73. The van der Waals surface area contributed by atoms with Crippen molar-refractivity contribution in [3.05, 3.63) is 35.5 Å². The van der Waals surface area contributed by atoms with Gasteiger partial charge in [-0.15, -0.1) is 15.3 Å². The van der Waals surface area contributed by atoms with Crippen molar-refractivity contribution < 1.29 is 4.79 Å². The van der Waals surface area contributed by atoms with Gasteiger partial charge in [0.1, 0.15) is 11.6 Å². The van der Waals surface area contributed by atoms with Crippen molar-refractivity contribution in [2.75, 3.05) is 0 Å². The van der Waals surface area contributed by atoms with Gasteiger partial charge < -0.3 is 9.88 Å². The molecule has 112 valence electrons. The number of aromatic nitrogens is 7. The lowest BCUT2D eigenvalue weighted by atomic mass is 10.1. The highest BCUT2D eigenvalue weighted by atomic mass is 16.1. The van der Waals surface area contributed by atoms with Gasteiger partial charge in [-0.1, -0.05) is 0 Å². The SMILES string of the molecule is Cc1nnc2n1CC(NC(=O)c1ccc3nnnn3c1)CC2. The van der Waals surface area contributed by atoms with Gasteiger partial charge >= 0.3 is 0 Å². The number of hydrogen-bond donors (Lipinski definition) is 1. The third-order valence-electron chi connectivity index (χ3n) is 3.92. The van der Waals surface area contributed by atoms with E-state index in [9.17, 15) is 4.79 Å². The summed E-state index contributed by atoms with van der Waals surface area (Å²) in [6.07, 6.45) is 3.30. The fraction of sp³-hybridized carbons (Fsp3) is 0.385. The Morgan fingerprint density at radius 3 is 3.14 bits per heavy atom. The fourth-order valence-corrected chi connectivity index (χ4v) is 2.72. The van der Waals surface area contributed by atoms with Gasteiger partial charge in [-0.2, -0.15) is 4.52 Å². The van der Waals surface area contributed by atoms with Crippen molar-refractivity contribution in [2.45, 2.75) is 32.4 Å². The van der Waals surface area contributed by atoms with E-state index in [1.807, 2.05) is 6.92 Å². The van der Waals surface area contributed by atoms with Crippen molar-refractivity contribution in [1.29, 1.82) is 0 Å². The molecule has 3 aromatic heterocycles. The monoisotopic (exact) mass is 298 g/mol. The van der Waals surface area contributed by atoms with E-state index in [2.05, 4.69) is 35.6 Å². The molecule has 1 atom stereocenters. The van der Waals surface area contributed by atoms with Gasteiger partial charge in [-0.05, 0) is 35.9 Å². The molecule has 0 fully saturated rings. The summed E-state index contributed by atoms with van der Waals surface area (Å²) in [5.41, 5.74) is 1.14. The number of aryl methyl sites for hydroxylation is 2. The molecule has 0 radical (unpaired) electrons. The summed E-state index contributed by atoms with van der Waals surface area (Å²) < 4.78 is 3.54. The lowest BCUT2D eigenvalue weighted by Crippen LogP contribution is -2.41. The van der Waals surface area contributed by atoms with Gasteiger partial charge in [-0.3, -0.25) is 4.79 Å². The molecule has 0 aromatic carbocycles. The summed E-state index contributed by atoms with van der Waals surface area (Å²) in [6.45, 7) is 2.62. The zero-order valence-corrected chi connectivity index (χ0v) is 12.0. The minimum Gasteiger partial charge on any atom is -0.347 e. The van der Waals surface area contributed by atoms with Crippen LogP contribution in [-0.2, 0) is 13.0 Å². The quantitative estimate of drug-likeness (QED) is 0.701. The van der Waals surface area contributed by atoms with Crippen molar-refractivity contribution in [3.8, 4) is 0 Å². The van der Waals surface area contributed by atoms with Crippen LogP contribution in [0.2, 0.25) is 0 Å². The molecule has 1 unspecified atom stereocenters. The molecule has 1 aliphatic heterocycles. The number of pyridine rings is 1. The van der Waals surface area contributed by atoms with Gasteiger partial charge in [0.15, 0.2) is 5.65 Å². The molecule has 0 spiro atoms. The smallest absolute Gasteiger partial charge is 0.253 e. The Morgan fingerprint density at radius 2 is 2.23 bits per heavy atom. The molecule has 1 N–H and O–H groups in total. The first-order chi connectivity index (χ1) is 10.7. The van der Waals surface area contributed by atoms with E-state index in [-0.39, 0.29) is 11.9 Å². The first-order valence-corrected chi connectivity index (χ1v) is 7.08. The maximum atomic E-state index is 12.4. The molecule has 1 amide bonds. The Balaban J connectivity index is 1.51. The van der Waals surface area contributed by atoms with Crippen molar-refractivity contribution in [2.24, 2.45) is 0 Å². The van der Waals surface area contributed by atoms with Gasteiger partial charge in [0.25, 0.3) is 5.91 Å². The van der Waals surface area contributed by atoms with E-state index in [0.717, 1.165) is 24.5 Å². The van der Waals surface area contributed by atoms with Crippen LogP contribution in [0.1, 0.15) is 28.4 Å². The molecule has 4 heterocycles. The highest BCUT2D eigenvalue weighted by Gasteiger charge is 2.23. The summed E-state index contributed by atoms with van der Waals surface area (Å²) in [6, 6.07) is 3.51. The Bertz CT molecular complexity index is 851. The van der Waals surface area contributed by atoms with E-state index in [1.54, 1.807) is 18.3 Å². The third kappa shape index (κ3) is 2.10. The maximum Gasteiger partial charge on any atom is 0.253 e. The molecule has 0 bridgehead atoms. The molecular weight excluding hydrogens is 284 g/mol. The minimum atomic E-state index is -0.128. The average Bonchev–Trinajstić information content (AvgIpc) is 3.13. The van der Waals surface area contributed by atoms with Crippen LogP contribution < -0.4 is 5.32 Å². The van der Waals surface area contributed by atoms with Crippen LogP contribution in [0.3, 0.4) is 0 Å². The maximum absolute atomic E-state index is 12.4. The molecule has 1 aliphatic rings. The number of rotatable bonds is 2. The number of nitrogens with zero attached hydrogens (tertiary/aromatic N) is 7. The second-order valence-corrected chi connectivity index (χ2v) is 5.38. The Labute approximate surface area is 125 Å². The number of carbonyl (C=O) groups excluding carboxylic acids is 1. The van der Waals surface area contributed by atoms with E-state index < -0.39 is 0 Å². The number of tetrazole rings is 1. The number of amides is 1. The van der Waals surface area contributed by atoms with E-state index in [0.29, 0.717) is 17.8 Å². The predicted molar refractivity (Wildman–Crippen MR) is 75.1 cm³/mol. The third-order valence-corrected chi connectivity index (χ3v) is 3.92. The Kier molecular flexibility index (Phi) is 2.84. The average molecular weight is 298 g/mol. The molecule has 0 saturated heterocycles. The number of fused-ring (bicyclic) bond motifs is 2. The highest BCUT2D eigenvalue weighted by Crippen LogP contribution is 2.15. The zero-order chi connectivity index (χ0) is 15.1. The van der Waals surface area contributed by atoms with Crippen molar-refractivity contribution >= 4 is 11.6 Å². The van der Waals surface area contributed by atoms with E-state index >= 15 is 0 Å². The van der Waals surface area contributed by atoms with Gasteiger partial charge in [-0.25, -0.2) is 0 Å². The largest absolute Gasteiger partial charge is 0.347 e. The molecule has 3 aromatic rings. The number of carbonyl (C=O) groups is 1. The van der Waals surface area contributed by atoms with E-state index in [4.69, 9.17) is 0 Å². The molecular formula is C13H14N8O. The second kappa shape index (κ2) is 4.86. The van der Waals surface area contributed by atoms with Gasteiger partial charge in [0.05, 0.1) is 5.56 Å². The number of hydrogen-bond acceptors (Lipinski definition) is 6. The summed E-state index contributed by atoms with van der Waals surface area (Å²) in [4.78, 5) is 12.4. The molecule has 22 heavy (non-hydrogen) atoms. The number of nitrogens with one attached hydrogen (secondary N) is 1. The lowest BCUT2D eigenvalue weighted by Gasteiger charge is -2.24. The Morgan fingerprint density at radius 1 is 1.32 bits per heavy atom. The van der Waals surface area contributed by atoms with Crippen LogP contribution in [0.4, 0.5) is 0 Å².